The van der Waals surface area contributed by atoms with E-state index in [0.29, 0.717) is 43.5 Å². The SMILES string of the molecule is CCC(=O)C[S@]1(=O)=NC(=O)c2ccc3c(c2)N(C[C@@H]2CC[C@H]2[C@@H](OCCN2CCOCC2)/C=C/CCC1)C[C@@]1(CCCc2cc(C)ccc21)CO3. The van der Waals surface area contributed by atoms with Crippen molar-refractivity contribution in [2.75, 3.05) is 75.6 Å². The molecule has 1 saturated carbocycles. The number of fused-ring (bicyclic) bond motifs is 4. The summed E-state index contributed by atoms with van der Waals surface area (Å²) >= 11 is 0. The second-order valence-electron chi connectivity index (χ2n) is 15.4. The number of morpholine rings is 1. The molecule has 7 rings (SSSR count). The largest absolute Gasteiger partial charge is 0.490 e. The predicted molar refractivity (Wildman–Crippen MR) is 201 cm³/mol. The van der Waals surface area contributed by atoms with Gasteiger partial charge in [-0.3, -0.25) is 14.5 Å². The Morgan fingerprint density at radius 1 is 1.12 bits per heavy atom. The van der Waals surface area contributed by atoms with Crippen molar-refractivity contribution in [1.82, 2.24) is 4.90 Å². The van der Waals surface area contributed by atoms with Gasteiger partial charge >= 0.3 is 0 Å². The van der Waals surface area contributed by atoms with Crippen molar-refractivity contribution >= 4 is 27.1 Å². The summed E-state index contributed by atoms with van der Waals surface area (Å²) < 4.78 is 37.4. The number of amides is 1. The van der Waals surface area contributed by atoms with Gasteiger partial charge in [0, 0.05) is 55.9 Å². The standard InChI is InChI=1S/C41H55N3O6S/c1-3-34(45)27-51(47)23-6-4-5-9-38(49-22-19-43-17-20-48-21-18-43)35-13-11-33(35)26-44-28-41(16-7-8-31-24-30(2)10-14-36(31)41)29-50-39-15-12-32(25-37(39)44)40(46)42-51/h5,9-10,12,14-15,24-25,33,35,38H,3-4,6-8,11,13,16-23,26-29H2,1-2H3/b9-5+/t33-,35+,38-,41-,51-/m0/s1. The van der Waals surface area contributed by atoms with Crippen LogP contribution in [0.15, 0.2) is 52.9 Å². The Labute approximate surface area is 304 Å². The Bertz CT molecular complexity index is 1740. The van der Waals surface area contributed by atoms with E-state index in [-0.39, 0.29) is 35.2 Å². The van der Waals surface area contributed by atoms with Crippen LogP contribution in [0, 0.1) is 18.8 Å². The highest BCUT2D eigenvalue weighted by Gasteiger charge is 2.44. The predicted octanol–water partition coefficient (Wildman–Crippen LogP) is 6.15. The Morgan fingerprint density at radius 3 is 2.78 bits per heavy atom. The number of rotatable bonds is 7. The van der Waals surface area contributed by atoms with Gasteiger partial charge in [-0.15, -0.1) is 0 Å². The van der Waals surface area contributed by atoms with Crippen LogP contribution in [-0.4, -0.2) is 97.6 Å². The Hall–Kier alpha value is -3.05. The molecule has 9 nitrogen and oxygen atoms in total. The average Bonchev–Trinajstić information content (AvgIpc) is 3.26. The highest BCUT2D eigenvalue weighted by atomic mass is 32.2. The molecule has 276 valence electrons. The molecule has 10 heteroatoms. The van der Waals surface area contributed by atoms with Crippen LogP contribution in [0.3, 0.4) is 0 Å². The fraction of sp³-hybridized carbons (Fsp3) is 0.610. The van der Waals surface area contributed by atoms with Crippen LogP contribution in [0.5, 0.6) is 5.75 Å². The van der Waals surface area contributed by atoms with E-state index < -0.39 is 15.6 Å². The number of hydrogen-bond donors (Lipinski definition) is 0. The number of ketones is 1. The molecule has 0 N–H and O–H groups in total. The van der Waals surface area contributed by atoms with Gasteiger partial charge in [-0.2, -0.15) is 4.36 Å². The summed E-state index contributed by atoms with van der Waals surface area (Å²) in [6, 6.07) is 12.4. The third kappa shape index (κ3) is 8.29. The second-order valence-corrected chi connectivity index (χ2v) is 17.8. The van der Waals surface area contributed by atoms with Crippen molar-refractivity contribution in [2.24, 2.45) is 16.2 Å². The van der Waals surface area contributed by atoms with Crippen LogP contribution < -0.4 is 9.64 Å². The molecule has 1 saturated heterocycles. The number of anilines is 1. The number of benzene rings is 2. The minimum Gasteiger partial charge on any atom is -0.490 e. The number of aryl methyl sites for hydroxylation is 2. The molecule has 5 aliphatic rings. The summed E-state index contributed by atoms with van der Waals surface area (Å²) in [7, 11) is -3.08. The molecule has 3 aliphatic heterocycles. The second kappa shape index (κ2) is 15.9. The monoisotopic (exact) mass is 717 g/mol. The lowest BCUT2D eigenvalue weighted by Crippen LogP contribution is -2.50. The molecule has 51 heavy (non-hydrogen) atoms. The normalized spacial score (nSPS) is 30.6. The van der Waals surface area contributed by atoms with Gasteiger partial charge in [0.05, 0.1) is 53.7 Å². The van der Waals surface area contributed by atoms with Gasteiger partial charge < -0.3 is 19.1 Å². The number of hydrogen-bond acceptors (Lipinski definition) is 8. The van der Waals surface area contributed by atoms with Crippen molar-refractivity contribution in [1.29, 1.82) is 0 Å². The zero-order chi connectivity index (χ0) is 35.4. The van der Waals surface area contributed by atoms with Crippen molar-refractivity contribution in [3.63, 3.8) is 0 Å². The van der Waals surface area contributed by atoms with Crippen molar-refractivity contribution in [3.05, 3.63) is 70.8 Å². The first-order valence-corrected chi connectivity index (χ1v) is 21.1. The van der Waals surface area contributed by atoms with Gasteiger partial charge in [0.1, 0.15) is 11.5 Å². The maximum atomic E-state index is 14.1. The Morgan fingerprint density at radius 2 is 1.98 bits per heavy atom. The molecule has 1 spiro atoms. The summed E-state index contributed by atoms with van der Waals surface area (Å²) in [5, 5.41) is 0. The number of Topliss-reactive ketones (excluding diaryl/α,β-unsaturated/α-hetero) is 1. The summed E-state index contributed by atoms with van der Waals surface area (Å²) in [6.45, 7) is 11.1. The first-order valence-electron chi connectivity index (χ1n) is 19.2. The third-order valence-corrected chi connectivity index (χ3v) is 14.0. The lowest BCUT2D eigenvalue weighted by Gasteiger charge is -2.46. The maximum Gasteiger partial charge on any atom is 0.285 e. The van der Waals surface area contributed by atoms with Gasteiger partial charge in [0.15, 0.2) is 0 Å². The zero-order valence-electron chi connectivity index (χ0n) is 30.5. The van der Waals surface area contributed by atoms with Gasteiger partial charge in [-0.1, -0.05) is 42.8 Å². The van der Waals surface area contributed by atoms with Crippen LogP contribution in [0.1, 0.15) is 78.9 Å². The van der Waals surface area contributed by atoms with E-state index in [9.17, 15) is 13.8 Å². The maximum absolute atomic E-state index is 14.1. The molecule has 3 heterocycles. The summed E-state index contributed by atoms with van der Waals surface area (Å²) in [5.41, 5.74) is 5.16. The van der Waals surface area contributed by atoms with Crippen molar-refractivity contribution < 1.29 is 28.0 Å². The smallest absolute Gasteiger partial charge is 0.285 e. The fourth-order valence-corrected chi connectivity index (χ4v) is 10.8. The van der Waals surface area contributed by atoms with Gasteiger partial charge in [0.2, 0.25) is 0 Å². The molecule has 2 aliphatic carbocycles. The van der Waals surface area contributed by atoms with E-state index in [4.69, 9.17) is 14.2 Å². The number of nitrogens with zero attached hydrogens (tertiary/aromatic N) is 3. The summed E-state index contributed by atoms with van der Waals surface area (Å²) in [5.74, 6) is 0.892. The first kappa shape index (κ1) is 36.3. The number of carbonyl (C=O) groups excluding carboxylic acids is 2. The lowest BCUT2D eigenvalue weighted by atomic mass is 9.68. The highest BCUT2D eigenvalue weighted by Crippen LogP contribution is 2.47. The summed E-state index contributed by atoms with van der Waals surface area (Å²) in [4.78, 5) is 31.2. The number of ether oxygens (including phenoxy) is 3. The molecule has 5 atom stereocenters. The van der Waals surface area contributed by atoms with Crippen molar-refractivity contribution in [2.45, 2.75) is 76.7 Å². The van der Waals surface area contributed by atoms with Crippen LogP contribution in [-0.2, 0) is 35.8 Å². The Kier molecular flexibility index (Phi) is 11.3. The lowest BCUT2D eigenvalue weighted by molar-refractivity contribution is -0.116. The first-order chi connectivity index (χ1) is 24.7. The van der Waals surface area contributed by atoms with E-state index in [1.54, 1.807) is 13.0 Å². The third-order valence-electron chi connectivity index (χ3n) is 11.8. The van der Waals surface area contributed by atoms with Crippen LogP contribution >= 0.6 is 0 Å². The van der Waals surface area contributed by atoms with Crippen molar-refractivity contribution in [3.8, 4) is 5.75 Å². The Balaban J connectivity index is 1.24. The van der Waals surface area contributed by atoms with E-state index in [2.05, 4.69) is 51.4 Å². The quantitative estimate of drug-likeness (QED) is 0.315. The molecular weight excluding hydrogens is 663 g/mol. The minimum absolute atomic E-state index is 0.0173. The van der Waals surface area contributed by atoms with Crippen LogP contribution in [0.4, 0.5) is 5.69 Å². The van der Waals surface area contributed by atoms with Crippen LogP contribution in [0.2, 0.25) is 0 Å². The van der Waals surface area contributed by atoms with Gasteiger partial charge in [-0.05, 0) is 93.0 Å². The average molecular weight is 718 g/mol. The molecule has 2 bridgehead atoms. The fourth-order valence-electron chi connectivity index (χ4n) is 8.77. The zero-order valence-corrected chi connectivity index (χ0v) is 31.3. The topological polar surface area (TPSA) is 97.7 Å². The molecular formula is C41H55N3O6S. The van der Waals surface area contributed by atoms with E-state index >= 15 is 0 Å². The molecule has 0 radical (unpaired) electrons. The molecule has 1 amide bonds. The molecule has 0 unspecified atom stereocenters. The molecule has 2 fully saturated rings. The molecule has 2 aromatic rings. The highest BCUT2D eigenvalue weighted by molar-refractivity contribution is 7.94. The van der Waals surface area contributed by atoms with E-state index in [1.807, 2.05) is 12.1 Å². The van der Waals surface area contributed by atoms with E-state index in [1.165, 1.54) is 16.7 Å². The molecule has 2 aromatic carbocycles. The molecule has 0 aromatic heterocycles. The minimum atomic E-state index is -3.08. The van der Waals surface area contributed by atoms with Gasteiger partial charge in [-0.25, -0.2) is 4.21 Å². The number of allylic oxidation sites excluding steroid dienone is 1. The van der Waals surface area contributed by atoms with Gasteiger partial charge in [0.25, 0.3) is 5.91 Å². The van der Waals surface area contributed by atoms with E-state index in [0.717, 1.165) is 89.5 Å². The number of carbonyl (C=O) groups is 2. The summed E-state index contributed by atoms with van der Waals surface area (Å²) in [6.07, 6.45) is 11.3. The van der Waals surface area contributed by atoms with Crippen LogP contribution in [0.25, 0.3) is 0 Å².